The van der Waals surface area contributed by atoms with Crippen LogP contribution in [0.4, 0.5) is 0 Å². The zero-order chi connectivity index (χ0) is 11.2. The monoisotopic (exact) mass is 218 g/mol. The van der Waals surface area contributed by atoms with Crippen molar-refractivity contribution in [2.45, 2.75) is 38.8 Å². The standard InChI is InChI=1S/C14H22N2/c1-2-12-6-3-4-7-13(12)10-15-11-14-8-5-9-16-14/h3-4,6-7,14-16H,2,5,8-11H2,1H3. The zero-order valence-corrected chi connectivity index (χ0v) is 10.1. The quantitative estimate of drug-likeness (QED) is 0.791. The van der Waals surface area contributed by atoms with Crippen LogP contribution < -0.4 is 10.6 Å². The van der Waals surface area contributed by atoms with E-state index >= 15 is 0 Å². The summed E-state index contributed by atoms with van der Waals surface area (Å²) < 4.78 is 0. The van der Waals surface area contributed by atoms with Gasteiger partial charge in [-0.2, -0.15) is 0 Å². The SMILES string of the molecule is CCc1ccccc1CNCC1CCCN1. The highest BCUT2D eigenvalue weighted by Gasteiger charge is 2.12. The Bertz CT molecular complexity index is 316. The lowest BCUT2D eigenvalue weighted by Gasteiger charge is -2.13. The second-order valence-electron chi connectivity index (χ2n) is 4.55. The maximum absolute atomic E-state index is 3.56. The van der Waals surface area contributed by atoms with Crippen molar-refractivity contribution < 1.29 is 0 Å². The van der Waals surface area contributed by atoms with Gasteiger partial charge in [0.15, 0.2) is 0 Å². The average Bonchev–Trinajstić information content (AvgIpc) is 2.83. The molecule has 1 saturated heterocycles. The first-order chi connectivity index (χ1) is 7.90. The Labute approximate surface area is 98.4 Å². The van der Waals surface area contributed by atoms with E-state index in [1.165, 1.54) is 30.5 Å². The lowest BCUT2D eigenvalue weighted by Crippen LogP contribution is -2.33. The van der Waals surface area contributed by atoms with Gasteiger partial charge in [-0.05, 0) is 36.9 Å². The molecule has 16 heavy (non-hydrogen) atoms. The third-order valence-corrected chi connectivity index (χ3v) is 3.37. The van der Waals surface area contributed by atoms with Gasteiger partial charge in [-0.15, -0.1) is 0 Å². The summed E-state index contributed by atoms with van der Waals surface area (Å²) in [6.45, 7) is 5.51. The summed E-state index contributed by atoms with van der Waals surface area (Å²) in [4.78, 5) is 0. The van der Waals surface area contributed by atoms with Gasteiger partial charge in [0.2, 0.25) is 0 Å². The molecular weight excluding hydrogens is 196 g/mol. The molecule has 2 N–H and O–H groups in total. The summed E-state index contributed by atoms with van der Waals surface area (Å²) in [5.41, 5.74) is 2.91. The molecule has 1 atom stereocenters. The summed E-state index contributed by atoms with van der Waals surface area (Å²) in [5, 5.41) is 7.06. The van der Waals surface area contributed by atoms with E-state index in [1.807, 2.05) is 0 Å². The number of hydrogen-bond donors (Lipinski definition) is 2. The Kier molecular flexibility index (Phi) is 4.37. The van der Waals surface area contributed by atoms with Crippen LogP contribution >= 0.6 is 0 Å². The fraction of sp³-hybridized carbons (Fsp3) is 0.571. The molecule has 1 heterocycles. The summed E-state index contributed by atoms with van der Waals surface area (Å²) in [6.07, 6.45) is 3.78. The van der Waals surface area contributed by atoms with Crippen LogP contribution in [0.25, 0.3) is 0 Å². The van der Waals surface area contributed by atoms with Crippen molar-refractivity contribution in [2.75, 3.05) is 13.1 Å². The Morgan fingerprint density at radius 1 is 1.31 bits per heavy atom. The van der Waals surface area contributed by atoms with Crippen LogP contribution in [0, 0.1) is 0 Å². The first-order valence-corrected chi connectivity index (χ1v) is 6.41. The lowest BCUT2D eigenvalue weighted by molar-refractivity contribution is 0.535. The van der Waals surface area contributed by atoms with Crippen molar-refractivity contribution in [1.82, 2.24) is 10.6 Å². The fourth-order valence-electron chi connectivity index (χ4n) is 2.39. The average molecular weight is 218 g/mol. The molecule has 0 aliphatic carbocycles. The highest BCUT2D eigenvalue weighted by molar-refractivity contribution is 5.26. The molecule has 2 nitrogen and oxygen atoms in total. The predicted molar refractivity (Wildman–Crippen MR) is 68.6 cm³/mol. The maximum Gasteiger partial charge on any atom is 0.0208 e. The molecule has 0 saturated carbocycles. The van der Waals surface area contributed by atoms with E-state index in [2.05, 4.69) is 41.8 Å². The fourth-order valence-corrected chi connectivity index (χ4v) is 2.39. The van der Waals surface area contributed by atoms with Gasteiger partial charge in [-0.25, -0.2) is 0 Å². The van der Waals surface area contributed by atoms with Gasteiger partial charge < -0.3 is 10.6 Å². The molecule has 0 bridgehead atoms. The third kappa shape index (κ3) is 3.06. The smallest absolute Gasteiger partial charge is 0.0208 e. The van der Waals surface area contributed by atoms with E-state index in [1.54, 1.807) is 0 Å². The van der Waals surface area contributed by atoms with Crippen molar-refractivity contribution >= 4 is 0 Å². The van der Waals surface area contributed by atoms with Crippen molar-refractivity contribution in [1.29, 1.82) is 0 Å². The van der Waals surface area contributed by atoms with Crippen molar-refractivity contribution in [3.8, 4) is 0 Å². The highest BCUT2D eigenvalue weighted by atomic mass is 15.0. The molecular formula is C14H22N2. The van der Waals surface area contributed by atoms with Crippen LogP contribution in [-0.2, 0) is 13.0 Å². The molecule has 0 radical (unpaired) electrons. The zero-order valence-electron chi connectivity index (χ0n) is 10.1. The van der Waals surface area contributed by atoms with Gasteiger partial charge >= 0.3 is 0 Å². The minimum atomic E-state index is 0.689. The Balaban J connectivity index is 1.79. The maximum atomic E-state index is 3.56. The van der Waals surface area contributed by atoms with Crippen LogP contribution in [0.3, 0.4) is 0 Å². The largest absolute Gasteiger partial charge is 0.313 e. The first-order valence-electron chi connectivity index (χ1n) is 6.41. The molecule has 88 valence electrons. The molecule has 1 aliphatic heterocycles. The van der Waals surface area contributed by atoms with E-state index in [4.69, 9.17) is 0 Å². The van der Waals surface area contributed by atoms with Gasteiger partial charge in [-0.1, -0.05) is 31.2 Å². The van der Waals surface area contributed by atoms with Crippen LogP contribution in [0.15, 0.2) is 24.3 Å². The number of nitrogens with one attached hydrogen (secondary N) is 2. The van der Waals surface area contributed by atoms with Crippen molar-refractivity contribution in [3.05, 3.63) is 35.4 Å². The van der Waals surface area contributed by atoms with Gasteiger partial charge in [0.1, 0.15) is 0 Å². The molecule has 1 unspecified atom stereocenters. The second kappa shape index (κ2) is 6.02. The molecule has 1 aliphatic rings. The number of aryl methyl sites for hydroxylation is 1. The molecule has 1 aromatic carbocycles. The van der Waals surface area contributed by atoms with Gasteiger partial charge in [-0.3, -0.25) is 0 Å². The number of benzene rings is 1. The molecule has 2 rings (SSSR count). The van der Waals surface area contributed by atoms with E-state index < -0.39 is 0 Å². The topological polar surface area (TPSA) is 24.1 Å². The minimum Gasteiger partial charge on any atom is -0.313 e. The van der Waals surface area contributed by atoms with Gasteiger partial charge in [0, 0.05) is 19.1 Å². The normalized spacial score (nSPS) is 20.2. The van der Waals surface area contributed by atoms with Crippen LogP contribution in [0.1, 0.15) is 30.9 Å². The molecule has 0 spiro atoms. The van der Waals surface area contributed by atoms with E-state index in [0.29, 0.717) is 6.04 Å². The first kappa shape index (κ1) is 11.6. The van der Waals surface area contributed by atoms with E-state index in [9.17, 15) is 0 Å². The summed E-state index contributed by atoms with van der Waals surface area (Å²) in [5.74, 6) is 0. The lowest BCUT2D eigenvalue weighted by atomic mass is 10.1. The minimum absolute atomic E-state index is 0.689. The summed E-state index contributed by atoms with van der Waals surface area (Å²) in [7, 11) is 0. The Morgan fingerprint density at radius 2 is 2.12 bits per heavy atom. The third-order valence-electron chi connectivity index (χ3n) is 3.37. The Morgan fingerprint density at radius 3 is 2.81 bits per heavy atom. The van der Waals surface area contributed by atoms with Gasteiger partial charge in [0.05, 0.1) is 0 Å². The second-order valence-corrected chi connectivity index (χ2v) is 4.55. The van der Waals surface area contributed by atoms with Gasteiger partial charge in [0.25, 0.3) is 0 Å². The van der Waals surface area contributed by atoms with E-state index in [-0.39, 0.29) is 0 Å². The summed E-state index contributed by atoms with van der Waals surface area (Å²) in [6, 6.07) is 9.40. The van der Waals surface area contributed by atoms with Crippen LogP contribution in [0.2, 0.25) is 0 Å². The predicted octanol–water partition coefficient (Wildman–Crippen LogP) is 2.09. The molecule has 1 aromatic rings. The molecule has 0 amide bonds. The Hall–Kier alpha value is -0.860. The highest BCUT2D eigenvalue weighted by Crippen LogP contribution is 2.09. The molecule has 1 fully saturated rings. The number of rotatable bonds is 5. The van der Waals surface area contributed by atoms with Crippen molar-refractivity contribution in [2.24, 2.45) is 0 Å². The molecule has 0 aromatic heterocycles. The number of hydrogen-bond acceptors (Lipinski definition) is 2. The van der Waals surface area contributed by atoms with Crippen molar-refractivity contribution in [3.63, 3.8) is 0 Å². The molecule has 2 heteroatoms. The van der Waals surface area contributed by atoms with Crippen LogP contribution in [-0.4, -0.2) is 19.1 Å². The van der Waals surface area contributed by atoms with E-state index in [0.717, 1.165) is 19.5 Å². The summed E-state index contributed by atoms with van der Waals surface area (Å²) >= 11 is 0. The van der Waals surface area contributed by atoms with Crippen LogP contribution in [0.5, 0.6) is 0 Å².